The number of hydrogen-bond acceptors (Lipinski definition) is 5. The summed E-state index contributed by atoms with van der Waals surface area (Å²) in [6.45, 7) is 4.29. The second-order valence-corrected chi connectivity index (χ2v) is 6.56. The topological polar surface area (TPSA) is 79.2 Å². The number of nitriles is 1. The van der Waals surface area contributed by atoms with E-state index >= 15 is 0 Å². The summed E-state index contributed by atoms with van der Waals surface area (Å²) in [5.41, 5.74) is 2.54. The normalized spacial score (nSPS) is 17.2. The predicted molar refractivity (Wildman–Crippen MR) is 93.0 cm³/mol. The molecule has 5 nitrogen and oxygen atoms in total. The van der Waals surface area contributed by atoms with Crippen LogP contribution >= 0.6 is 11.8 Å². The number of allylic oxidation sites excluding steroid dienone is 1. The fourth-order valence-electron chi connectivity index (χ4n) is 2.41. The van der Waals surface area contributed by atoms with Crippen LogP contribution in [-0.4, -0.2) is 24.2 Å². The van der Waals surface area contributed by atoms with Gasteiger partial charge in [-0.15, -0.1) is 0 Å². The second kappa shape index (κ2) is 8.55. The van der Waals surface area contributed by atoms with Gasteiger partial charge in [0.05, 0.1) is 29.0 Å². The molecule has 1 heterocycles. The second-order valence-electron chi connectivity index (χ2n) is 5.58. The van der Waals surface area contributed by atoms with Crippen LogP contribution in [0.5, 0.6) is 0 Å². The molecule has 126 valence electrons. The lowest BCUT2D eigenvalue weighted by Gasteiger charge is -2.25. The molecule has 0 aliphatic carbocycles. The molecule has 1 atom stereocenters. The zero-order chi connectivity index (χ0) is 17.5. The molecule has 1 aliphatic heterocycles. The Morgan fingerprint density at radius 2 is 2.12 bits per heavy atom. The maximum absolute atomic E-state index is 12.0. The summed E-state index contributed by atoms with van der Waals surface area (Å²) < 4.78 is 5.02. The van der Waals surface area contributed by atoms with E-state index in [1.807, 2.05) is 38.1 Å². The standard InChI is InChI=1S/C18H20N2O3S/c1-3-8-23-17(22)11-24-18-15(10-19)14(9-16(21)20-18)13-6-4-12(2)5-7-13/h4-7,14H,3,8-9,11H2,1-2H3,(H,20,21). The number of carbonyl (C=O) groups excluding carboxylic acids is 2. The van der Waals surface area contributed by atoms with Crippen molar-refractivity contribution in [1.29, 1.82) is 5.26 Å². The molecular weight excluding hydrogens is 324 g/mol. The molecule has 24 heavy (non-hydrogen) atoms. The monoisotopic (exact) mass is 344 g/mol. The minimum absolute atomic E-state index is 0.0708. The Kier molecular flexibility index (Phi) is 6.44. The third-order valence-corrected chi connectivity index (χ3v) is 4.63. The summed E-state index contributed by atoms with van der Waals surface area (Å²) in [5.74, 6) is -0.706. The Labute approximate surface area is 146 Å². The lowest BCUT2D eigenvalue weighted by Crippen LogP contribution is -2.31. The van der Waals surface area contributed by atoms with E-state index in [2.05, 4.69) is 11.4 Å². The number of nitrogens with one attached hydrogen (secondary N) is 1. The average Bonchev–Trinajstić information content (AvgIpc) is 2.58. The quantitative estimate of drug-likeness (QED) is 0.803. The Morgan fingerprint density at radius 3 is 2.75 bits per heavy atom. The highest BCUT2D eigenvalue weighted by molar-refractivity contribution is 8.03. The van der Waals surface area contributed by atoms with E-state index in [-0.39, 0.29) is 30.0 Å². The number of carbonyl (C=O) groups is 2. The van der Waals surface area contributed by atoms with Crippen molar-refractivity contribution in [2.45, 2.75) is 32.6 Å². The number of hydrogen-bond donors (Lipinski definition) is 1. The summed E-state index contributed by atoms with van der Waals surface area (Å²) >= 11 is 1.14. The first-order valence-corrected chi connectivity index (χ1v) is 8.82. The predicted octanol–water partition coefficient (Wildman–Crippen LogP) is 3.02. The van der Waals surface area contributed by atoms with Crippen molar-refractivity contribution in [3.05, 3.63) is 46.0 Å². The maximum Gasteiger partial charge on any atom is 0.316 e. The van der Waals surface area contributed by atoms with Crippen LogP contribution in [0.15, 0.2) is 34.9 Å². The van der Waals surface area contributed by atoms with E-state index in [0.717, 1.165) is 29.3 Å². The van der Waals surface area contributed by atoms with Gasteiger partial charge in [-0.1, -0.05) is 48.5 Å². The first kappa shape index (κ1) is 18.1. The molecule has 0 spiro atoms. The van der Waals surface area contributed by atoms with Crippen LogP contribution in [0.25, 0.3) is 0 Å². The number of amides is 1. The van der Waals surface area contributed by atoms with Gasteiger partial charge in [0, 0.05) is 12.3 Å². The van der Waals surface area contributed by atoms with E-state index in [9.17, 15) is 14.9 Å². The molecule has 1 unspecified atom stereocenters. The van der Waals surface area contributed by atoms with E-state index in [4.69, 9.17) is 4.74 Å². The van der Waals surface area contributed by atoms with Gasteiger partial charge in [0.1, 0.15) is 0 Å². The summed E-state index contributed by atoms with van der Waals surface area (Å²) in [4.78, 5) is 23.7. The average molecular weight is 344 g/mol. The van der Waals surface area contributed by atoms with Crippen molar-refractivity contribution in [1.82, 2.24) is 5.32 Å². The van der Waals surface area contributed by atoms with Crippen LogP contribution < -0.4 is 5.32 Å². The third kappa shape index (κ3) is 4.62. The van der Waals surface area contributed by atoms with Crippen molar-refractivity contribution in [3.8, 4) is 6.07 Å². The van der Waals surface area contributed by atoms with Crippen LogP contribution in [0.1, 0.15) is 36.8 Å². The first-order chi connectivity index (χ1) is 11.5. The molecule has 0 saturated carbocycles. The fraction of sp³-hybridized carbons (Fsp3) is 0.389. The Hall–Kier alpha value is -2.26. The molecule has 0 saturated heterocycles. The minimum atomic E-state index is -0.349. The van der Waals surface area contributed by atoms with Gasteiger partial charge in [-0.3, -0.25) is 9.59 Å². The first-order valence-electron chi connectivity index (χ1n) is 7.84. The summed E-state index contributed by atoms with van der Waals surface area (Å²) in [6, 6.07) is 10.0. The van der Waals surface area contributed by atoms with E-state index < -0.39 is 0 Å². The number of esters is 1. The zero-order valence-electron chi connectivity index (χ0n) is 13.8. The highest BCUT2D eigenvalue weighted by Crippen LogP contribution is 2.35. The largest absolute Gasteiger partial charge is 0.465 e. The molecule has 1 amide bonds. The van der Waals surface area contributed by atoms with E-state index in [0.29, 0.717) is 17.2 Å². The summed E-state index contributed by atoms with van der Waals surface area (Å²) in [5, 5.41) is 12.7. The van der Waals surface area contributed by atoms with Gasteiger partial charge in [-0.25, -0.2) is 0 Å². The molecule has 0 fully saturated rings. The highest BCUT2D eigenvalue weighted by atomic mass is 32.2. The zero-order valence-corrected chi connectivity index (χ0v) is 14.6. The molecule has 1 aliphatic rings. The number of aryl methyl sites for hydroxylation is 1. The van der Waals surface area contributed by atoms with Gasteiger partial charge < -0.3 is 10.1 Å². The van der Waals surface area contributed by atoms with Crippen LogP contribution in [0.2, 0.25) is 0 Å². The highest BCUT2D eigenvalue weighted by Gasteiger charge is 2.29. The van der Waals surface area contributed by atoms with E-state index in [1.165, 1.54) is 0 Å². The van der Waals surface area contributed by atoms with Crippen molar-refractivity contribution in [2.75, 3.05) is 12.4 Å². The van der Waals surface area contributed by atoms with Crippen LogP contribution in [-0.2, 0) is 14.3 Å². The lowest BCUT2D eigenvalue weighted by molar-refractivity contribution is -0.140. The van der Waals surface area contributed by atoms with Gasteiger partial charge >= 0.3 is 5.97 Å². The Balaban J connectivity index is 2.19. The summed E-state index contributed by atoms with van der Waals surface area (Å²) in [7, 11) is 0. The Morgan fingerprint density at radius 1 is 1.42 bits per heavy atom. The SMILES string of the molecule is CCCOC(=O)CSC1=C(C#N)C(c2ccc(C)cc2)CC(=O)N1. The van der Waals surface area contributed by atoms with Gasteiger partial charge in [0.15, 0.2) is 0 Å². The maximum atomic E-state index is 12.0. The molecule has 0 radical (unpaired) electrons. The van der Waals surface area contributed by atoms with Gasteiger partial charge in [0.25, 0.3) is 0 Å². The molecule has 2 rings (SSSR count). The Bertz CT molecular complexity index is 689. The summed E-state index contributed by atoms with van der Waals surface area (Å²) in [6.07, 6.45) is 0.991. The van der Waals surface area contributed by atoms with Crippen molar-refractivity contribution in [2.24, 2.45) is 0 Å². The molecular formula is C18H20N2O3S. The molecule has 0 bridgehead atoms. The smallest absolute Gasteiger partial charge is 0.316 e. The van der Waals surface area contributed by atoms with Gasteiger partial charge in [-0.2, -0.15) is 5.26 Å². The van der Waals surface area contributed by atoms with Crippen molar-refractivity contribution in [3.63, 3.8) is 0 Å². The van der Waals surface area contributed by atoms with Gasteiger partial charge in [0.2, 0.25) is 5.91 Å². The van der Waals surface area contributed by atoms with Gasteiger partial charge in [-0.05, 0) is 18.9 Å². The molecule has 1 aromatic rings. The van der Waals surface area contributed by atoms with Crippen LogP contribution in [0, 0.1) is 18.3 Å². The van der Waals surface area contributed by atoms with Crippen LogP contribution in [0.3, 0.4) is 0 Å². The number of benzene rings is 1. The van der Waals surface area contributed by atoms with Crippen molar-refractivity contribution >= 4 is 23.6 Å². The number of rotatable bonds is 6. The molecule has 6 heteroatoms. The lowest BCUT2D eigenvalue weighted by atomic mass is 9.87. The van der Waals surface area contributed by atoms with Crippen molar-refractivity contribution < 1.29 is 14.3 Å². The minimum Gasteiger partial charge on any atom is -0.465 e. The molecule has 1 aromatic carbocycles. The number of ether oxygens (including phenoxy) is 1. The fourth-order valence-corrected chi connectivity index (χ4v) is 3.28. The number of nitrogens with zero attached hydrogens (tertiary/aromatic N) is 1. The molecule has 0 aromatic heterocycles. The molecule has 1 N–H and O–H groups in total. The van der Waals surface area contributed by atoms with Crippen LogP contribution in [0.4, 0.5) is 0 Å². The van der Waals surface area contributed by atoms with E-state index in [1.54, 1.807) is 0 Å². The third-order valence-electron chi connectivity index (χ3n) is 3.64. The number of thioether (sulfide) groups is 1.